The molecular formula is C18H25NO3. The van der Waals surface area contributed by atoms with Gasteiger partial charge in [0.05, 0.1) is 6.42 Å². The molecule has 1 amide bonds. The predicted molar refractivity (Wildman–Crippen MR) is 85.6 cm³/mol. The van der Waals surface area contributed by atoms with E-state index in [1.807, 2.05) is 32.0 Å². The first-order valence-electron chi connectivity index (χ1n) is 8.07. The Bertz CT molecular complexity index is 522. The van der Waals surface area contributed by atoms with Gasteiger partial charge in [-0.3, -0.25) is 9.59 Å². The third-order valence-corrected chi connectivity index (χ3v) is 4.85. The number of nitrogens with one attached hydrogen (secondary N) is 1. The lowest BCUT2D eigenvalue weighted by Gasteiger charge is -2.31. The van der Waals surface area contributed by atoms with Crippen LogP contribution in [0.1, 0.15) is 57.4 Å². The van der Waals surface area contributed by atoms with E-state index in [0.717, 1.165) is 6.42 Å². The molecule has 0 radical (unpaired) electrons. The van der Waals surface area contributed by atoms with E-state index in [0.29, 0.717) is 31.1 Å². The second-order valence-corrected chi connectivity index (χ2v) is 6.32. The lowest BCUT2D eigenvalue weighted by molar-refractivity contribution is -0.139. The summed E-state index contributed by atoms with van der Waals surface area (Å²) in [5.41, 5.74) is 0.683. The summed E-state index contributed by atoms with van der Waals surface area (Å²) < 4.78 is 0. The standard InChI is InChI=1S/C18H25NO3/c1-3-18(4-2,12-17(21)22)19-16(20)11-14-10-15(14)13-8-6-5-7-9-13/h5-9,14-15H,3-4,10-12H2,1-2H3,(H,19,20)(H,21,22)/t14-,15-/m0/s1. The molecule has 0 spiro atoms. The van der Waals surface area contributed by atoms with Gasteiger partial charge in [0.1, 0.15) is 0 Å². The molecule has 2 N–H and O–H groups in total. The van der Waals surface area contributed by atoms with E-state index < -0.39 is 11.5 Å². The Labute approximate surface area is 131 Å². The Hall–Kier alpha value is -1.84. The quantitative estimate of drug-likeness (QED) is 0.774. The van der Waals surface area contributed by atoms with E-state index in [-0.39, 0.29) is 12.3 Å². The zero-order valence-corrected chi connectivity index (χ0v) is 13.3. The van der Waals surface area contributed by atoms with Crippen LogP contribution in [0.3, 0.4) is 0 Å². The van der Waals surface area contributed by atoms with Crippen molar-refractivity contribution in [2.75, 3.05) is 0 Å². The molecule has 1 aromatic rings. The summed E-state index contributed by atoms with van der Waals surface area (Å²) in [7, 11) is 0. The monoisotopic (exact) mass is 303 g/mol. The Kier molecular flexibility index (Phi) is 5.22. The maximum absolute atomic E-state index is 12.3. The van der Waals surface area contributed by atoms with E-state index in [1.165, 1.54) is 5.56 Å². The van der Waals surface area contributed by atoms with Crippen molar-refractivity contribution < 1.29 is 14.7 Å². The van der Waals surface area contributed by atoms with Crippen LogP contribution in [0.15, 0.2) is 30.3 Å². The van der Waals surface area contributed by atoms with Gasteiger partial charge in [-0.25, -0.2) is 0 Å². The molecule has 1 saturated carbocycles. The number of carbonyl (C=O) groups is 2. The van der Waals surface area contributed by atoms with Gasteiger partial charge in [-0.15, -0.1) is 0 Å². The summed E-state index contributed by atoms with van der Waals surface area (Å²) in [6.45, 7) is 3.85. The number of rotatable bonds is 8. The van der Waals surface area contributed by atoms with Crippen molar-refractivity contribution in [2.24, 2.45) is 5.92 Å². The molecular weight excluding hydrogens is 278 g/mol. The van der Waals surface area contributed by atoms with Crippen molar-refractivity contribution in [2.45, 2.75) is 57.4 Å². The summed E-state index contributed by atoms with van der Waals surface area (Å²) in [5.74, 6) is -0.0197. The van der Waals surface area contributed by atoms with Crippen molar-refractivity contribution in [1.82, 2.24) is 5.32 Å². The van der Waals surface area contributed by atoms with E-state index >= 15 is 0 Å². The molecule has 1 aromatic carbocycles. The highest BCUT2D eigenvalue weighted by Crippen LogP contribution is 2.49. The summed E-state index contributed by atoms with van der Waals surface area (Å²) in [6, 6.07) is 10.3. The average Bonchev–Trinajstić information content (AvgIpc) is 3.26. The van der Waals surface area contributed by atoms with Crippen molar-refractivity contribution in [3.8, 4) is 0 Å². The summed E-state index contributed by atoms with van der Waals surface area (Å²) >= 11 is 0. The number of carboxylic acid groups (broad SMARTS) is 1. The number of carbonyl (C=O) groups excluding carboxylic acids is 1. The fraction of sp³-hybridized carbons (Fsp3) is 0.556. The van der Waals surface area contributed by atoms with Gasteiger partial charge in [-0.1, -0.05) is 44.2 Å². The van der Waals surface area contributed by atoms with Crippen LogP contribution in [0, 0.1) is 5.92 Å². The Morgan fingerprint density at radius 3 is 2.41 bits per heavy atom. The van der Waals surface area contributed by atoms with Gasteiger partial charge in [-0.05, 0) is 36.7 Å². The third kappa shape index (κ3) is 4.09. The minimum Gasteiger partial charge on any atom is -0.481 e. The topological polar surface area (TPSA) is 66.4 Å². The molecule has 2 rings (SSSR count). The van der Waals surface area contributed by atoms with E-state index in [4.69, 9.17) is 5.11 Å². The SMILES string of the molecule is CCC(CC)(CC(=O)O)NC(=O)C[C@@H]1C[C@H]1c1ccccc1. The number of carboxylic acids is 1. The van der Waals surface area contributed by atoms with Crippen LogP contribution in [0.2, 0.25) is 0 Å². The highest BCUT2D eigenvalue weighted by atomic mass is 16.4. The molecule has 1 aliphatic carbocycles. The molecule has 4 nitrogen and oxygen atoms in total. The molecule has 0 bridgehead atoms. The second kappa shape index (κ2) is 6.95. The van der Waals surface area contributed by atoms with Gasteiger partial charge in [0.15, 0.2) is 0 Å². The van der Waals surface area contributed by atoms with Crippen LogP contribution in [-0.2, 0) is 9.59 Å². The van der Waals surface area contributed by atoms with Crippen LogP contribution in [-0.4, -0.2) is 22.5 Å². The molecule has 0 unspecified atom stereocenters. The number of benzene rings is 1. The Morgan fingerprint density at radius 2 is 1.86 bits per heavy atom. The molecule has 1 aliphatic rings. The normalized spacial score (nSPS) is 20.5. The Balaban J connectivity index is 1.89. The smallest absolute Gasteiger partial charge is 0.305 e. The minimum absolute atomic E-state index is 0.0154. The second-order valence-electron chi connectivity index (χ2n) is 6.32. The molecule has 2 atom stereocenters. The van der Waals surface area contributed by atoms with Gasteiger partial charge in [0, 0.05) is 12.0 Å². The van der Waals surface area contributed by atoms with Gasteiger partial charge in [0.2, 0.25) is 5.91 Å². The maximum Gasteiger partial charge on any atom is 0.305 e. The van der Waals surface area contributed by atoms with Crippen LogP contribution in [0.25, 0.3) is 0 Å². The van der Waals surface area contributed by atoms with Crippen molar-refractivity contribution >= 4 is 11.9 Å². The fourth-order valence-corrected chi connectivity index (χ4v) is 3.18. The van der Waals surface area contributed by atoms with E-state index in [9.17, 15) is 9.59 Å². The number of hydrogen-bond acceptors (Lipinski definition) is 2. The summed E-state index contributed by atoms with van der Waals surface area (Å²) in [4.78, 5) is 23.3. The van der Waals surface area contributed by atoms with Crippen LogP contribution >= 0.6 is 0 Å². The van der Waals surface area contributed by atoms with Crippen LogP contribution in [0.4, 0.5) is 0 Å². The highest BCUT2D eigenvalue weighted by Gasteiger charge is 2.40. The van der Waals surface area contributed by atoms with Gasteiger partial charge >= 0.3 is 5.97 Å². The minimum atomic E-state index is -0.863. The number of hydrogen-bond donors (Lipinski definition) is 2. The van der Waals surface area contributed by atoms with E-state index in [1.54, 1.807) is 0 Å². The van der Waals surface area contributed by atoms with Gasteiger partial charge < -0.3 is 10.4 Å². The van der Waals surface area contributed by atoms with Crippen molar-refractivity contribution in [1.29, 1.82) is 0 Å². The maximum atomic E-state index is 12.3. The first-order valence-corrected chi connectivity index (χ1v) is 8.07. The average molecular weight is 303 g/mol. The molecule has 120 valence electrons. The van der Waals surface area contributed by atoms with Crippen molar-refractivity contribution in [3.63, 3.8) is 0 Å². The molecule has 1 fully saturated rings. The Morgan fingerprint density at radius 1 is 1.23 bits per heavy atom. The molecule has 0 aromatic heterocycles. The molecule has 0 heterocycles. The zero-order valence-electron chi connectivity index (χ0n) is 13.3. The summed E-state index contributed by atoms with van der Waals surface area (Å²) in [6.07, 6.45) is 2.78. The summed E-state index contributed by atoms with van der Waals surface area (Å²) in [5, 5.41) is 12.0. The third-order valence-electron chi connectivity index (χ3n) is 4.85. The van der Waals surface area contributed by atoms with Crippen LogP contribution in [0.5, 0.6) is 0 Å². The fourth-order valence-electron chi connectivity index (χ4n) is 3.18. The number of aliphatic carboxylic acids is 1. The molecule has 4 heteroatoms. The van der Waals surface area contributed by atoms with E-state index in [2.05, 4.69) is 17.4 Å². The highest BCUT2D eigenvalue weighted by molar-refractivity contribution is 5.79. The predicted octanol–water partition coefficient (Wildman–Crippen LogP) is 3.33. The van der Waals surface area contributed by atoms with Gasteiger partial charge in [0.25, 0.3) is 0 Å². The largest absolute Gasteiger partial charge is 0.481 e. The molecule has 22 heavy (non-hydrogen) atoms. The zero-order chi connectivity index (χ0) is 16.2. The lowest BCUT2D eigenvalue weighted by Crippen LogP contribution is -2.49. The molecule has 0 saturated heterocycles. The first-order chi connectivity index (χ1) is 10.5. The number of amides is 1. The van der Waals surface area contributed by atoms with Gasteiger partial charge in [-0.2, -0.15) is 0 Å². The van der Waals surface area contributed by atoms with Crippen LogP contribution < -0.4 is 5.32 Å². The molecule has 0 aliphatic heterocycles. The first kappa shape index (κ1) is 16.5. The van der Waals surface area contributed by atoms with Crippen molar-refractivity contribution in [3.05, 3.63) is 35.9 Å². The lowest BCUT2D eigenvalue weighted by atomic mass is 9.88.